The quantitative estimate of drug-likeness (QED) is 0.658. The van der Waals surface area contributed by atoms with E-state index in [1.165, 1.54) is 12.1 Å². The van der Waals surface area contributed by atoms with Crippen LogP contribution in [0.4, 0.5) is 14.5 Å². The molecule has 112 valence electrons. The molecule has 0 amide bonds. The molecule has 4 nitrogen and oxygen atoms in total. The molecule has 0 fully saturated rings. The Morgan fingerprint density at radius 1 is 1.38 bits per heavy atom. The highest BCUT2D eigenvalue weighted by Crippen LogP contribution is 2.14. The number of hydrogen-bond donors (Lipinski definition) is 2. The lowest BCUT2D eigenvalue weighted by atomic mass is 10.3. The summed E-state index contributed by atoms with van der Waals surface area (Å²) in [6.45, 7) is 3.39. The summed E-state index contributed by atoms with van der Waals surface area (Å²) in [4.78, 5) is 0. The van der Waals surface area contributed by atoms with Gasteiger partial charge in [-0.2, -0.15) is 5.10 Å². The lowest BCUT2D eigenvalue weighted by molar-refractivity contribution is 0.573. The molecule has 2 N–H and O–H groups in total. The van der Waals surface area contributed by atoms with Crippen molar-refractivity contribution in [2.45, 2.75) is 19.9 Å². The molecule has 0 aliphatic heterocycles. The summed E-state index contributed by atoms with van der Waals surface area (Å²) >= 11 is 5.06. The average molecular weight is 310 g/mol. The van der Waals surface area contributed by atoms with Gasteiger partial charge in [0.25, 0.3) is 0 Å². The molecule has 21 heavy (non-hydrogen) atoms. The fourth-order valence-corrected chi connectivity index (χ4v) is 2.00. The van der Waals surface area contributed by atoms with E-state index in [1.54, 1.807) is 6.20 Å². The van der Waals surface area contributed by atoms with Crippen LogP contribution in [0.2, 0.25) is 0 Å². The minimum absolute atomic E-state index is 0.150. The molecule has 0 atom stereocenters. The van der Waals surface area contributed by atoms with Gasteiger partial charge in [0.2, 0.25) is 0 Å². The number of anilines is 1. The predicted molar refractivity (Wildman–Crippen MR) is 82.2 cm³/mol. The van der Waals surface area contributed by atoms with Crippen LogP contribution in [0.1, 0.15) is 12.0 Å². The molecule has 1 aromatic heterocycles. The second-order valence-electron chi connectivity index (χ2n) is 4.64. The van der Waals surface area contributed by atoms with Crippen molar-refractivity contribution in [3.63, 3.8) is 0 Å². The first-order valence-corrected chi connectivity index (χ1v) is 6.94. The van der Waals surface area contributed by atoms with Gasteiger partial charge in [0.05, 0.1) is 11.9 Å². The summed E-state index contributed by atoms with van der Waals surface area (Å²) in [6, 6.07) is 3.30. The van der Waals surface area contributed by atoms with Crippen molar-refractivity contribution in [2.75, 3.05) is 11.9 Å². The van der Waals surface area contributed by atoms with Crippen molar-refractivity contribution in [1.29, 1.82) is 0 Å². The van der Waals surface area contributed by atoms with Gasteiger partial charge in [-0.05, 0) is 43.3 Å². The van der Waals surface area contributed by atoms with E-state index in [4.69, 9.17) is 12.2 Å². The van der Waals surface area contributed by atoms with Crippen LogP contribution in [-0.2, 0) is 6.54 Å². The van der Waals surface area contributed by atoms with Crippen molar-refractivity contribution < 1.29 is 8.78 Å². The number of benzene rings is 1. The van der Waals surface area contributed by atoms with Gasteiger partial charge in [-0.15, -0.1) is 0 Å². The van der Waals surface area contributed by atoms with Crippen molar-refractivity contribution in [1.82, 2.24) is 15.1 Å². The summed E-state index contributed by atoms with van der Waals surface area (Å²) in [7, 11) is 0. The molecule has 0 radical (unpaired) electrons. The van der Waals surface area contributed by atoms with E-state index in [-0.39, 0.29) is 5.69 Å². The monoisotopic (exact) mass is 310 g/mol. The Morgan fingerprint density at radius 3 is 2.86 bits per heavy atom. The van der Waals surface area contributed by atoms with E-state index in [0.717, 1.165) is 24.6 Å². The minimum atomic E-state index is -0.675. The Morgan fingerprint density at radius 2 is 2.19 bits per heavy atom. The van der Waals surface area contributed by atoms with Gasteiger partial charge in [0, 0.05) is 25.4 Å². The van der Waals surface area contributed by atoms with E-state index in [1.807, 2.05) is 17.8 Å². The van der Waals surface area contributed by atoms with Crippen LogP contribution < -0.4 is 10.6 Å². The molecule has 0 spiro atoms. The van der Waals surface area contributed by atoms with Crippen molar-refractivity contribution in [3.05, 3.63) is 47.8 Å². The van der Waals surface area contributed by atoms with Crippen LogP contribution in [0.25, 0.3) is 0 Å². The van der Waals surface area contributed by atoms with Crippen molar-refractivity contribution in [2.24, 2.45) is 0 Å². The van der Waals surface area contributed by atoms with Gasteiger partial charge >= 0.3 is 0 Å². The first-order valence-electron chi connectivity index (χ1n) is 6.53. The molecular weight excluding hydrogens is 294 g/mol. The number of rotatable bonds is 5. The number of aryl methyl sites for hydroxylation is 2. The fourth-order valence-electron chi connectivity index (χ4n) is 1.79. The van der Waals surface area contributed by atoms with Crippen LogP contribution in [0.15, 0.2) is 30.6 Å². The summed E-state index contributed by atoms with van der Waals surface area (Å²) in [5.41, 5.74) is 1.27. The highest BCUT2D eigenvalue weighted by Gasteiger charge is 2.05. The second-order valence-corrected chi connectivity index (χ2v) is 5.05. The maximum atomic E-state index is 13.4. The molecular formula is C14H16F2N4S. The Labute approximate surface area is 127 Å². The maximum Gasteiger partial charge on any atom is 0.170 e. The van der Waals surface area contributed by atoms with Crippen LogP contribution in [0.5, 0.6) is 0 Å². The Bertz CT molecular complexity index is 627. The standard InChI is InChI=1S/C14H16F2N4S/c1-10-8-18-20(9-10)6-2-5-17-14(21)19-13-4-3-11(15)7-12(13)16/h3-4,7-9H,2,5-6H2,1H3,(H2,17,19,21). The summed E-state index contributed by atoms with van der Waals surface area (Å²) < 4.78 is 28.0. The molecule has 0 aliphatic rings. The lowest BCUT2D eigenvalue weighted by Crippen LogP contribution is -2.30. The Kier molecular flexibility index (Phi) is 5.21. The Balaban J connectivity index is 1.72. The van der Waals surface area contributed by atoms with Crippen LogP contribution in [-0.4, -0.2) is 21.4 Å². The average Bonchev–Trinajstić information content (AvgIpc) is 2.84. The minimum Gasteiger partial charge on any atom is -0.362 e. The van der Waals surface area contributed by atoms with Gasteiger partial charge in [-0.25, -0.2) is 8.78 Å². The molecule has 0 saturated carbocycles. The van der Waals surface area contributed by atoms with Crippen molar-refractivity contribution >= 4 is 23.0 Å². The third kappa shape index (κ3) is 4.78. The largest absolute Gasteiger partial charge is 0.362 e. The summed E-state index contributed by atoms with van der Waals surface area (Å²) in [5.74, 6) is -1.29. The van der Waals surface area contributed by atoms with Gasteiger partial charge in [-0.1, -0.05) is 0 Å². The SMILES string of the molecule is Cc1cnn(CCCNC(=S)Nc2ccc(F)cc2F)c1. The summed E-state index contributed by atoms with van der Waals surface area (Å²) in [6.07, 6.45) is 4.59. The number of halogens is 2. The van der Waals surface area contributed by atoms with Crippen molar-refractivity contribution in [3.8, 4) is 0 Å². The zero-order valence-electron chi connectivity index (χ0n) is 11.6. The number of nitrogens with one attached hydrogen (secondary N) is 2. The van der Waals surface area contributed by atoms with E-state index >= 15 is 0 Å². The van der Waals surface area contributed by atoms with Crippen LogP contribution in [0, 0.1) is 18.6 Å². The van der Waals surface area contributed by atoms with Gasteiger partial charge in [0.1, 0.15) is 11.6 Å². The number of thiocarbonyl (C=S) groups is 1. The zero-order valence-corrected chi connectivity index (χ0v) is 12.4. The predicted octanol–water partition coefficient (Wildman–Crippen LogP) is 2.85. The number of nitrogens with zero attached hydrogens (tertiary/aromatic N) is 2. The fraction of sp³-hybridized carbons (Fsp3) is 0.286. The Hall–Kier alpha value is -2.02. The van der Waals surface area contributed by atoms with E-state index < -0.39 is 11.6 Å². The topological polar surface area (TPSA) is 41.9 Å². The van der Waals surface area contributed by atoms with Crippen LogP contribution >= 0.6 is 12.2 Å². The first kappa shape index (κ1) is 15.4. The highest BCUT2D eigenvalue weighted by molar-refractivity contribution is 7.80. The van der Waals surface area contributed by atoms with E-state index in [0.29, 0.717) is 11.7 Å². The highest BCUT2D eigenvalue weighted by atomic mass is 32.1. The maximum absolute atomic E-state index is 13.4. The molecule has 7 heteroatoms. The van der Waals surface area contributed by atoms with Gasteiger partial charge in [-0.3, -0.25) is 4.68 Å². The first-order chi connectivity index (χ1) is 10.0. The molecule has 1 aromatic carbocycles. The van der Waals surface area contributed by atoms with E-state index in [2.05, 4.69) is 15.7 Å². The molecule has 2 aromatic rings. The number of aromatic nitrogens is 2. The summed E-state index contributed by atoms with van der Waals surface area (Å²) in [5, 5.41) is 10.1. The third-order valence-electron chi connectivity index (χ3n) is 2.79. The molecule has 0 saturated heterocycles. The van der Waals surface area contributed by atoms with Gasteiger partial charge in [0.15, 0.2) is 5.11 Å². The molecule has 1 heterocycles. The third-order valence-corrected chi connectivity index (χ3v) is 3.04. The molecule has 0 aliphatic carbocycles. The van der Waals surface area contributed by atoms with Gasteiger partial charge < -0.3 is 10.6 Å². The lowest BCUT2D eigenvalue weighted by Gasteiger charge is -2.11. The molecule has 0 unspecified atom stereocenters. The van der Waals surface area contributed by atoms with E-state index in [9.17, 15) is 8.78 Å². The van der Waals surface area contributed by atoms with Crippen LogP contribution in [0.3, 0.4) is 0 Å². The second kappa shape index (κ2) is 7.12. The number of hydrogen-bond acceptors (Lipinski definition) is 2. The molecule has 2 rings (SSSR count). The zero-order chi connectivity index (χ0) is 15.2. The smallest absolute Gasteiger partial charge is 0.170 e. The normalized spacial score (nSPS) is 10.4. The molecule has 0 bridgehead atoms.